The lowest BCUT2D eigenvalue weighted by Crippen LogP contribution is -1.73. The predicted molar refractivity (Wildman–Crippen MR) is 58.4 cm³/mol. The van der Waals surface area contributed by atoms with E-state index in [2.05, 4.69) is 17.9 Å². The first-order chi connectivity index (χ1) is 5.83. The molecule has 0 aromatic heterocycles. The predicted octanol–water partition coefficient (Wildman–Crippen LogP) is 3.59. The van der Waals surface area contributed by atoms with Crippen molar-refractivity contribution in [3.05, 3.63) is 37.5 Å². The van der Waals surface area contributed by atoms with Gasteiger partial charge >= 0.3 is 0 Å². The van der Waals surface area contributed by atoms with Crippen LogP contribution in [0.15, 0.2) is 37.5 Å². The molecule has 0 aromatic carbocycles. The van der Waals surface area contributed by atoms with Crippen LogP contribution in [0.3, 0.4) is 0 Å². The van der Waals surface area contributed by atoms with E-state index in [-0.39, 0.29) is 0 Å². The van der Waals surface area contributed by atoms with Crippen molar-refractivity contribution in [1.29, 1.82) is 0 Å². The lowest BCUT2D eigenvalue weighted by molar-refractivity contribution is 0.215. The third-order valence-corrected chi connectivity index (χ3v) is 0.672. The summed E-state index contributed by atoms with van der Waals surface area (Å²) < 4.78 is 4.54. The van der Waals surface area contributed by atoms with Gasteiger partial charge in [0.15, 0.2) is 0 Å². The Bertz CT molecular complexity index is 81.2. The molecule has 0 N–H and O–H groups in total. The van der Waals surface area contributed by atoms with Crippen molar-refractivity contribution in [2.24, 2.45) is 0 Å². The minimum absolute atomic E-state index is 0.819. The fourth-order valence-electron chi connectivity index (χ4n) is 0.157. The number of allylic oxidation sites excluding steroid dienone is 4. The summed E-state index contributed by atoms with van der Waals surface area (Å²) in [5, 5.41) is 0. The highest BCUT2D eigenvalue weighted by atomic mass is 16.5. The summed E-state index contributed by atoms with van der Waals surface area (Å²) in [5.41, 5.74) is 0. The van der Waals surface area contributed by atoms with Gasteiger partial charge in [-0.15, -0.1) is 0 Å². The summed E-state index contributed by atoms with van der Waals surface area (Å²) in [6.07, 6.45) is 7.07. The van der Waals surface area contributed by atoms with Gasteiger partial charge in [-0.05, 0) is 6.92 Å². The molecule has 0 spiro atoms. The normalized spacial score (nSPS) is 7.33. The topological polar surface area (TPSA) is 9.23 Å². The molecule has 0 fully saturated rings. The molecule has 0 atom stereocenters. The average molecular weight is 170 g/mol. The highest BCUT2D eigenvalue weighted by molar-refractivity contribution is 5.05. The number of ether oxygens (including phenoxy) is 1. The van der Waals surface area contributed by atoms with Gasteiger partial charge in [0.05, 0.1) is 0 Å². The van der Waals surface area contributed by atoms with Gasteiger partial charge in [-0.25, -0.2) is 0 Å². The lowest BCUT2D eigenvalue weighted by Gasteiger charge is -1.76. The second-order valence-corrected chi connectivity index (χ2v) is 1.43. The summed E-state index contributed by atoms with van der Waals surface area (Å²) in [6, 6.07) is 0. The first kappa shape index (κ1) is 17.3. The van der Waals surface area contributed by atoms with Gasteiger partial charge in [0.1, 0.15) is 0 Å². The Hall–Kier alpha value is -0.820. The largest absolute Gasteiger partial charge is 0.385 e. The maximum atomic E-state index is 4.54. The van der Waals surface area contributed by atoms with Crippen molar-refractivity contribution in [3.8, 4) is 0 Å². The zero-order valence-corrected chi connectivity index (χ0v) is 8.84. The maximum Gasteiger partial charge on any atom is 0.0433 e. The summed E-state index contributed by atoms with van der Waals surface area (Å²) in [6.45, 7) is 13.7. The maximum absolute atomic E-state index is 4.54. The summed E-state index contributed by atoms with van der Waals surface area (Å²) in [4.78, 5) is 0. The zero-order valence-electron chi connectivity index (χ0n) is 8.84. The van der Waals surface area contributed by atoms with E-state index in [1.807, 2.05) is 32.9 Å². The Balaban J connectivity index is -0.000000118. The van der Waals surface area contributed by atoms with Crippen LogP contribution in [0.1, 0.15) is 20.8 Å². The Kier molecular flexibility index (Phi) is 46.1. The number of rotatable bonds is 3. The van der Waals surface area contributed by atoms with Gasteiger partial charge in [0.2, 0.25) is 0 Å². The SMILES string of the molecule is C=C/C=C\C=C.CC.CCOC. The first-order valence-electron chi connectivity index (χ1n) is 4.22. The van der Waals surface area contributed by atoms with Gasteiger partial charge in [-0.3, -0.25) is 0 Å². The van der Waals surface area contributed by atoms with E-state index < -0.39 is 0 Å². The molecule has 0 unspecified atom stereocenters. The Morgan fingerprint density at radius 3 is 1.42 bits per heavy atom. The molecule has 0 bridgehead atoms. The first-order valence-corrected chi connectivity index (χ1v) is 4.22. The zero-order chi connectivity index (χ0) is 10.2. The van der Waals surface area contributed by atoms with Crippen molar-refractivity contribution >= 4 is 0 Å². The van der Waals surface area contributed by atoms with Gasteiger partial charge < -0.3 is 4.74 Å². The van der Waals surface area contributed by atoms with E-state index in [9.17, 15) is 0 Å². The standard InChI is InChI=1S/C6H8.C3H8O.C2H6/c1-3-5-6-4-2;1-3-4-2;1-2/h3-6H,1-2H2;3H2,1-2H3;1-2H3/b6-5-;;. The van der Waals surface area contributed by atoms with Crippen molar-refractivity contribution in [3.63, 3.8) is 0 Å². The monoisotopic (exact) mass is 170 g/mol. The van der Waals surface area contributed by atoms with Crippen LogP contribution in [0, 0.1) is 0 Å². The minimum atomic E-state index is 0.819. The molecular formula is C11H22O. The fourth-order valence-corrected chi connectivity index (χ4v) is 0.157. The molecule has 0 aliphatic carbocycles. The molecule has 0 rings (SSSR count). The van der Waals surface area contributed by atoms with Crippen molar-refractivity contribution in [1.82, 2.24) is 0 Å². The van der Waals surface area contributed by atoms with E-state index >= 15 is 0 Å². The summed E-state index contributed by atoms with van der Waals surface area (Å²) in [5.74, 6) is 0. The molecule has 12 heavy (non-hydrogen) atoms. The number of methoxy groups -OCH3 is 1. The molecule has 1 heteroatoms. The van der Waals surface area contributed by atoms with E-state index in [1.165, 1.54) is 0 Å². The fraction of sp³-hybridized carbons (Fsp3) is 0.455. The van der Waals surface area contributed by atoms with Crippen LogP contribution in [0.25, 0.3) is 0 Å². The van der Waals surface area contributed by atoms with Gasteiger partial charge in [-0.1, -0.05) is 51.3 Å². The highest BCUT2D eigenvalue weighted by Gasteiger charge is 1.51. The van der Waals surface area contributed by atoms with Crippen LogP contribution in [0.5, 0.6) is 0 Å². The quantitative estimate of drug-likeness (QED) is 0.588. The highest BCUT2D eigenvalue weighted by Crippen LogP contribution is 1.69. The summed E-state index contributed by atoms with van der Waals surface area (Å²) in [7, 11) is 1.68. The molecule has 0 aliphatic heterocycles. The summed E-state index contributed by atoms with van der Waals surface area (Å²) >= 11 is 0. The Labute approximate surface area is 77.4 Å². The van der Waals surface area contributed by atoms with Gasteiger partial charge in [0.25, 0.3) is 0 Å². The van der Waals surface area contributed by atoms with Crippen LogP contribution in [-0.4, -0.2) is 13.7 Å². The van der Waals surface area contributed by atoms with Crippen molar-refractivity contribution in [2.45, 2.75) is 20.8 Å². The van der Waals surface area contributed by atoms with E-state index in [0.29, 0.717) is 0 Å². The molecular weight excluding hydrogens is 148 g/mol. The van der Waals surface area contributed by atoms with E-state index in [1.54, 1.807) is 19.3 Å². The molecule has 1 nitrogen and oxygen atoms in total. The average Bonchev–Trinajstić information content (AvgIpc) is 2.18. The van der Waals surface area contributed by atoms with Gasteiger partial charge in [-0.2, -0.15) is 0 Å². The van der Waals surface area contributed by atoms with Crippen LogP contribution < -0.4 is 0 Å². The molecule has 0 aromatic rings. The van der Waals surface area contributed by atoms with Crippen molar-refractivity contribution < 1.29 is 4.74 Å². The molecule has 0 radical (unpaired) electrons. The smallest absolute Gasteiger partial charge is 0.0433 e. The molecule has 0 saturated heterocycles. The molecule has 0 amide bonds. The molecule has 0 heterocycles. The number of hydrogen-bond donors (Lipinski definition) is 0. The van der Waals surface area contributed by atoms with Crippen molar-refractivity contribution in [2.75, 3.05) is 13.7 Å². The van der Waals surface area contributed by atoms with Gasteiger partial charge in [0, 0.05) is 13.7 Å². The Morgan fingerprint density at radius 2 is 1.33 bits per heavy atom. The van der Waals surface area contributed by atoms with Crippen LogP contribution >= 0.6 is 0 Å². The van der Waals surface area contributed by atoms with E-state index in [4.69, 9.17) is 0 Å². The molecule has 0 saturated carbocycles. The second-order valence-electron chi connectivity index (χ2n) is 1.43. The Morgan fingerprint density at radius 1 is 1.08 bits per heavy atom. The second kappa shape index (κ2) is 32.0. The lowest BCUT2D eigenvalue weighted by atomic mass is 10.5. The third kappa shape index (κ3) is 60.7. The van der Waals surface area contributed by atoms with Crippen LogP contribution in [0.2, 0.25) is 0 Å². The third-order valence-electron chi connectivity index (χ3n) is 0.672. The molecule has 0 aliphatic rings. The molecule has 72 valence electrons. The van der Waals surface area contributed by atoms with E-state index in [0.717, 1.165) is 6.61 Å². The number of hydrogen-bond acceptors (Lipinski definition) is 1. The van der Waals surface area contributed by atoms with Crippen LogP contribution in [0.4, 0.5) is 0 Å². The van der Waals surface area contributed by atoms with Crippen LogP contribution in [-0.2, 0) is 4.74 Å². The minimum Gasteiger partial charge on any atom is -0.385 e.